The minimum atomic E-state index is -0.433. The summed E-state index contributed by atoms with van der Waals surface area (Å²) < 4.78 is 19.1. The van der Waals surface area contributed by atoms with Crippen LogP contribution in [0.15, 0.2) is 48.5 Å². The molecule has 0 bridgehead atoms. The van der Waals surface area contributed by atoms with Crippen LogP contribution in [-0.4, -0.2) is 36.3 Å². The largest absolute Gasteiger partial charge is 0.454 e. The lowest BCUT2D eigenvalue weighted by Crippen LogP contribution is -2.42. The number of primary amides is 1. The minimum absolute atomic E-state index is 0.0449. The first-order valence-corrected chi connectivity index (χ1v) is 8.85. The summed E-state index contributed by atoms with van der Waals surface area (Å²) in [5.41, 5.74) is 5.85. The Bertz CT molecular complexity index is 802. The standard InChI is InChI=1S/C20H22FN3O3/c21-17-3-1-2-4-18(17)27-16-7-5-15(6-8-16)23-20(26)14-9-11-24(12-10-14)13-19(22)25/h1-8,14H,9-13H2,(H2,22,25)(H,23,26). The minimum Gasteiger partial charge on any atom is -0.454 e. The van der Waals surface area contributed by atoms with Crippen LogP contribution in [0, 0.1) is 11.7 Å². The van der Waals surface area contributed by atoms with Crippen LogP contribution in [0.1, 0.15) is 12.8 Å². The van der Waals surface area contributed by atoms with E-state index in [1.54, 1.807) is 42.5 Å². The number of likely N-dealkylation sites (tertiary alicyclic amines) is 1. The highest BCUT2D eigenvalue weighted by molar-refractivity contribution is 5.92. The number of amides is 2. The van der Waals surface area contributed by atoms with Gasteiger partial charge in [0.1, 0.15) is 5.75 Å². The molecule has 2 aromatic rings. The maximum atomic E-state index is 13.6. The molecule has 142 valence electrons. The van der Waals surface area contributed by atoms with Crippen LogP contribution in [0.5, 0.6) is 11.5 Å². The molecule has 0 unspecified atom stereocenters. The van der Waals surface area contributed by atoms with Crippen molar-refractivity contribution >= 4 is 17.5 Å². The first-order valence-electron chi connectivity index (χ1n) is 8.85. The third kappa shape index (κ3) is 5.27. The summed E-state index contributed by atoms with van der Waals surface area (Å²) in [6, 6.07) is 13.0. The number of carbonyl (C=O) groups excluding carboxylic acids is 2. The van der Waals surface area contributed by atoms with Crippen molar-refractivity contribution in [3.63, 3.8) is 0 Å². The summed E-state index contributed by atoms with van der Waals surface area (Å²) in [6.45, 7) is 1.59. The molecule has 0 aliphatic carbocycles. The zero-order valence-electron chi connectivity index (χ0n) is 14.9. The SMILES string of the molecule is NC(=O)CN1CCC(C(=O)Nc2ccc(Oc3ccccc3F)cc2)CC1. The molecule has 0 saturated carbocycles. The predicted molar refractivity (Wildman–Crippen MR) is 99.9 cm³/mol. The van der Waals surface area contributed by atoms with Crippen LogP contribution in [0.25, 0.3) is 0 Å². The van der Waals surface area contributed by atoms with Crippen LogP contribution in [0.2, 0.25) is 0 Å². The molecule has 0 radical (unpaired) electrons. The Balaban J connectivity index is 1.52. The Morgan fingerprint density at radius 1 is 1.11 bits per heavy atom. The van der Waals surface area contributed by atoms with Crippen LogP contribution in [0.3, 0.4) is 0 Å². The van der Waals surface area contributed by atoms with Gasteiger partial charge in [0, 0.05) is 11.6 Å². The number of piperidine rings is 1. The predicted octanol–water partition coefficient (Wildman–Crippen LogP) is 2.75. The van der Waals surface area contributed by atoms with E-state index < -0.39 is 5.82 Å². The summed E-state index contributed by atoms with van der Waals surface area (Å²) in [5.74, 6) is -0.289. The molecule has 1 aliphatic rings. The average molecular weight is 371 g/mol. The van der Waals surface area contributed by atoms with Crippen LogP contribution < -0.4 is 15.8 Å². The quantitative estimate of drug-likeness (QED) is 0.818. The number of para-hydroxylation sites is 1. The van der Waals surface area contributed by atoms with E-state index in [2.05, 4.69) is 5.32 Å². The summed E-state index contributed by atoms with van der Waals surface area (Å²) in [7, 11) is 0. The van der Waals surface area contributed by atoms with Gasteiger partial charge < -0.3 is 15.8 Å². The van der Waals surface area contributed by atoms with Crippen molar-refractivity contribution in [3.05, 3.63) is 54.3 Å². The van der Waals surface area contributed by atoms with Gasteiger partial charge in [-0.05, 0) is 62.3 Å². The fourth-order valence-corrected chi connectivity index (χ4v) is 3.08. The summed E-state index contributed by atoms with van der Waals surface area (Å²) in [6.07, 6.45) is 1.38. The molecule has 0 spiro atoms. The zero-order valence-corrected chi connectivity index (χ0v) is 14.9. The molecule has 1 fully saturated rings. The fraction of sp³-hybridized carbons (Fsp3) is 0.300. The molecule has 1 saturated heterocycles. The Kier molecular flexibility index (Phi) is 6.03. The monoisotopic (exact) mass is 371 g/mol. The van der Waals surface area contributed by atoms with E-state index >= 15 is 0 Å². The molecule has 27 heavy (non-hydrogen) atoms. The molecular weight excluding hydrogens is 349 g/mol. The van der Waals surface area contributed by atoms with Crippen LogP contribution in [-0.2, 0) is 9.59 Å². The first kappa shape index (κ1) is 18.8. The van der Waals surface area contributed by atoms with E-state index in [0.717, 1.165) is 0 Å². The second kappa shape index (κ2) is 8.64. The highest BCUT2D eigenvalue weighted by Crippen LogP contribution is 2.26. The molecule has 7 heteroatoms. The van der Waals surface area contributed by atoms with E-state index in [0.29, 0.717) is 37.4 Å². The van der Waals surface area contributed by atoms with Crippen LogP contribution >= 0.6 is 0 Å². The zero-order chi connectivity index (χ0) is 19.2. The van der Waals surface area contributed by atoms with E-state index in [4.69, 9.17) is 10.5 Å². The third-order valence-electron chi connectivity index (χ3n) is 4.52. The lowest BCUT2D eigenvalue weighted by Gasteiger charge is -2.30. The van der Waals surface area contributed by atoms with Crippen LogP contribution in [0.4, 0.5) is 10.1 Å². The van der Waals surface area contributed by atoms with Crippen molar-refractivity contribution < 1.29 is 18.7 Å². The van der Waals surface area contributed by atoms with Crippen molar-refractivity contribution in [2.24, 2.45) is 11.7 Å². The van der Waals surface area contributed by atoms with Gasteiger partial charge in [-0.1, -0.05) is 12.1 Å². The molecule has 2 aromatic carbocycles. The van der Waals surface area contributed by atoms with E-state index in [1.807, 2.05) is 4.90 Å². The van der Waals surface area contributed by atoms with Gasteiger partial charge >= 0.3 is 0 Å². The maximum Gasteiger partial charge on any atom is 0.231 e. The second-order valence-electron chi connectivity index (χ2n) is 6.56. The van der Waals surface area contributed by atoms with Crippen molar-refractivity contribution in [1.29, 1.82) is 0 Å². The molecule has 3 rings (SSSR count). The molecule has 3 N–H and O–H groups in total. The van der Waals surface area contributed by atoms with Crippen molar-refractivity contribution in [1.82, 2.24) is 4.90 Å². The highest BCUT2D eigenvalue weighted by Gasteiger charge is 2.25. The van der Waals surface area contributed by atoms with Gasteiger partial charge in [-0.15, -0.1) is 0 Å². The number of anilines is 1. The highest BCUT2D eigenvalue weighted by atomic mass is 19.1. The average Bonchev–Trinajstić information content (AvgIpc) is 2.65. The molecular formula is C20H22FN3O3. The van der Waals surface area contributed by atoms with Gasteiger partial charge in [0.05, 0.1) is 6.54 Å². The number of nitrogens with two attached hydrogens (primary N) is 1. The van der Waals surface area contributed by atoms with Crippen molar-refractivity contribution in [2.45, 2.75) is 12.8 Å². The van der Waals surface area contributed by atoms with Crippen molar-refractivity contribution in [3.8, 4) is 11.5 Å². The number of rotatable bonds is 6. The Hall–Kier alpha value is -2.93. The number of benzene rings is 2. The fourth-order valence-electron chi connectivity index (χ4n) is 3.08. The van der Waals surface area contributed by atoms with Gasteiger partial charge in [0.2, 0.25) is 11.8 Å². The Morgan fingerprint density at radius 3 is 2.41 bits per heavy atom. The first-order chi connectivity index (χ1) is 13.0. The second-order valence-corrected chi connectivity index (χ2v) is 6.56. The molecule has 6 nitrogen and oxygen atoms in total. The number of carbonyl (C=O) groups is 2. The van der Waals surface area contributed by atoms with Gasteiger partial charge in [-0.3, -0.25) is 14.5 Å². The number of hydrogen-bond donors (Lipinski definition) is 2. The molecule has 1 heterocycles. The van der Waals surface area contributed by atoms with Gasteiger partial charge in [0.25, 0.3) is 0 Å². The normalized spacial score (nSPS) is 15.3. The van der Waals surface area contributed by atoms with Gasteiger partial charge in [-0.2, -0.15) is 0 Å². The molecule has 2 amide bonds. The smallest absolute Gasteiger partial charge is 0.231 e. The van der Waals surface area contributed by atoms with E-state index in [9.17, 15) is 14.0 Å². The number of hydrogen-bond acceptors (Lipinski definition) is 4. The van der Waals surface area contributed by atoms with Gasteiger partial charge in [-0.25, -0.2) is 4.39 Å². The Morgan fingerprint density at radius 2 is 1.78 bits per heavy atom. The van der Waals surface area contributed by atoms with Crippen molar-refractivity contribution in [2.75, 3.05) is 25.0 Å². The number of halogens is 1. The Labute approximate surface area is 157 Å². The summed E-state index contributed by atoms with van der Waals surface area (Å²) in [5, 5.41) is 2.89. The number of nitrogens with one attached hydrogen (secondary N) is 1. The summed E-state index contributed by atoms with van der Waals surface area (Å²) in [4.78, 5) is 25.3. The topological polar surface area (TPSA) is 84.7 Å². The molecule has 1 aliphatic heterocycles. The number of ether oxygens (including phenoxy) is 1. The summed E-state index contributed by atoms with van der Waals surface area (Å²) >= 11 is 0. The molecule has 0 aromatic heterocycles. The van der Waals surface area contributed by atoms with Gasteiger partial charge in [0.15, 0.2) is 11.6 Å². The van der Waals surface area contributed by atoms with E-state index in [-0.39, 0.29) is 30.0 Å². The lowest BCUT2D eigenvalue weighted by molar-refractivity contribution is -0.122. The molecule has 0 atom stereocenters. The number of nitrogens with zero attached hydrogens (tertiary/aromatic N) is 1. The maximum absolute atomic E-state index is 13.6. The van der Waals surface area contributed by atoms with E-state index in [1.165, 1.54) is 6.07 Å². The lowest BCUT2D eigenvalue weighted by atomic mass is 9.96. The third-order valence-corrected chi connectivity index (χ3v) is 4.52.